The lowest BCUT2D eigenvalue weighted by Gasteiger charge is -2.34. The van der Waals surface area contributed by atoms with Gasteiger partial charge in [0, 0.05) is 39.1 Å². The molecule has 0 aliphatic rings. The maximum atomic E-state index is 13.8. The molecule has 0 aromatic heterocycles. The average molecular weight is 576 g/mol. The summed E-state index contributed by atoms with van der Waals surface area (Å²) in [7, 11) is 0. The third kappa shape index (κ3) is 8.13. The molecule has 3 aromatic carbocycles. The van der Waals surface area contributed by atoms with E-state index in [0.717, 1.165) is 16.7 Å². The van der Waals surface area contributed by atoms with Crippen molar-refractivity contribution < 1.29 is 14.3 Å². The van der Waals surface area contributed by atoms with Crippen molar-refractivity contribution in [1.82, 2.24) is 10.2 Å². The molecule has 38 heavy (non-hydrogen) atoms. The Balaban J connectivity index is 1.99. The second-order valence-electron chi connectivity index (χ2n) is 10.3. The summed E-state index contributed by atoms with van der Waals surface area (Å²) >= 11 is 19.3. The molecule has 0 aliphatic heterocycles. The second kappa shape index (κ2) is 12.9. The lowest BCUT2D eigenvalue weighted by Crippen LogP contribution is -2.55. The highest BCUT2D eigenvalue weighted by Gasteiger charge is 2.33. The number of carbonyl (C=O) groups excluding carboxylic acids is 2. The van der Waals surface area contributed by atoms with E-state index in [1.165, 1.54) is 4.90 Å². The summed E-state index contributed by atoms with van der Waals surface area (Å²) in [5, 5.41) is 4.51. The summed E-state index contributed by atoms with van der Waals surface area (Å²) in [5.41, 5.74) is 2.66. The number of hydrogen-bond donors (Lipinski definition) is 1. The van der Waals surface area contributed by atoms with Crippen molar-refractivity contribution in [3.05, 3.63) is 98.0 Å². The quantitative estimate of drug-likeness (QED) is 0.294. The van der Waals surface area contributed by atoms with Gasteiger partial charge in [-0.3, -0.25) is 9.59 Å². The van der Waals surface area contributed by atoms with Crippen molar-refractivity contribution in [2.45, 2.75) is 59.2 Å². The number of benzene rings is 3. The highest BCUT2D eigenvalue weighted by molar-refractivity contribution is 6.36. The van der Waals surface area contributed by atoms with E-state index in [0.29, 0.717) is 32.8 Å². The van der Waals surface area contributed by atoms with Gasteiger partial charge in [0.2, 0.25) is 5.91 Å². The van der Waals surface area contributed by atoms with Crippen LogP contribution < -0.4 is 10.1 Å². The molecule has 8 heteroatoms. The molecule has 0 fully saturated rings. The summed E-state index contributed by atoms with van der Waals surface area (Å²) in [6.07, 6.45) is 0.301. The van der Waals surface area contributed by atoms with E-state index in [-0.39, 0.29) is 25.0 Å². The van der Waals surface area contributed by atoms with Crippen LogP contribution in [0.25, 0.3) is 0 Å². The molecule has 0 bridgehead atoms. The maximum Gasteiger partial charge on any atom is 0.261 e. The predicted octanol–water partition coefficient (Wildman–Crippen LogP) is 7.20. The Kier molecular flexibility index (Phi) is 10.1. The van der Waals surface area contributed by atoms with E-state index in [1.807, 2.05) is 65.0 Å². The molecule has 0 radical (unpaired) electrons. The summed E-state index contributed by atoms with van der Waals surface area (Å²) < 4.78 is 5.90. The number of nitrogens with zero attached hydrogens (tertiary/aromatic N) is 1. The molecule has 5 nitrogen and oxygen atoms in total. The number of ether oxygens (including phenoxy) is 1. The monoisotopic (exact) mass is 574 g/mol. The molecule has 1 N–H and O–H groups in total. The topological polar surface area (TPSA) is 58.6 Å². The van der Waals surface area contributed by atoms with Crippen LogP contribution in [0.5, 0.6) is 5.75 Å². The minimum absolute atomic E-state index is 0.0361. The number of halogens is 3. The Bertz CT molecular complexity index is 1250. The number of nitrogens with one attached hydrogen (secondary N) is 1. The standard InChI is InChI=1S/C30H33Cl3N2O3/c1-19-14-22(15-20(2)28(19)33)38-18-27(36)35(17-23-24(31)12-9-13-25(23)32)26(29(37)34-30(3,4)5)16-21-10-7-6-8-11-21/h6-15,26H,16-18H2,1-5H3,(H,34,37)/t26-/m1/s1. The summed E-state index contributed by atoms with van der Waals surface area (Å²) in [5.74, 6) is -0.139. The highest BCUT2D eigenvalue weighted by Crippen LogP contribution is 2.28. The van der Waals surface area contributed by atoms with Crippen molar-refractivity contribution in [2.24, 2.45) is 0 Å². The molecule has 0 saturated heterocycles. The highest BCUT2D eigenvalue weighted by atomic mass is 35.5. The van der Waals surface area contributed by atoms with Crippen molar-refractivity contribution in [3.63, 3.8) is 0 Å². The number of aryl methyl sites for hydroxylation is 2. The third-order valence-electron chi connectivity index (χ3n) is 5.93. The van der Waals surface area contributed by atoms with E-state index in [9.17, 15) is 9.59 Å². The van der Waals surface area contributed by atoms with Gasteiger partial charge >= 0.3 is 0 Å². The van der Waals surface area contributed by atoms with Gasteiger partial charge < -0.3 is 15.0 Å². The minimum Gasteiger partial charge on any atom is -0.484 e. The van der Waals surface area contributed by atoms with Crippen molar-refractivity contribution in [1.29, 1.82) is 0 Å². The van der Waals surface area contributed by atoms with Crippen LogP contribution in [0.3, 0.4) is 0 Å². The zero-order valence-electron chi connectivity index (χ0n) is 22.3. The molecule has 2 amide bonds. The van der Waals surface area contributed by atoms with Crippen molar-refractivity contribution in [2.75, 3.05) is 6.61 Å². The molecule has 0 saturated carbocycles. The van der Waals surface area contributed by atoms with E-state index in [1.54, 1.807) is 30.3 Å². The molecular formula is C30H33Cl3N2O3. The zero-order chi connectivity index (χ0) is 28.0. The van der Waals surface area contributed by atoms with Crippen LogP contribution in [0.2, 0.25) is 15.1 Å². The lowest BCUT2D eigenvalue weighted by molar-refractivity contribution is -0.143. The van der Waals surface area contributed by atoms with E-state index in [4.69, 9.17) is 39.5 Å². The third-order valence-corrected chi connectivity index (χ3v) is 7.24. The van der Waals surface area contributed by atoms with Crippen LogP contribution in [0, 0.1) is 13.8 Å². The first-order chi connectivity index (χ1) is 17.9. The first kappa shape index (κ1) is 29.8. The first-order valence-electron chi connectivity index (χ1n) is 12.3. The maximum absolute atomic E-state index is 13.8. The van der Waals surface area contributed by atoms with Gasteiger partial charge in [-0.05, 0) is 75.6 Å². The zero-order valence-corrected chi connectivity index (χ0v) is 24.5. The summed E-state index contributed by atoms with van der Waals surface area (Å²) in [6.45, 7) is 9.21. The lowest BCUT2D eigenvalue weighted by atomic mass is 10.0. The van der Waals surface area contributed by atoms with E-state index < -0.39 is 11.6 Å². The molecule has 3 rings (SSSR count). The normalized spacial score (nSPS) is 12.1. The number of rotatable bonds is 9. The summed E-state index contributed by atoms with van der Waals surface area (Å²) in [6, 6.07) is 17.5. The average Bonchev–Trinajstić information content (AvgIpc) is 2.84. The second-order valence-corrected chi connectivity index (χ2v) is 11.5. The molecule has 1 atom stereocenters. The van der Waals surface area contributed by atoms with Crippen LogP contribution in [0.1, 0.15) is 43.0 Å². The molecule has 0 heterocycles. The SMILES string of the molecule is Cc1cc(OCC(=O)N(Cc2c(Cl)cccc2Cl)[C@H](Cc2ccccc2)C(=O)NC(C)(C)C)cc(C)c1Cl. The number of amides is 2. The minimum atomic E-state index is -0.839. The molecule has 0 aliphatic carbocycles. The Morgan fingerprint density at radius 2 is 1.50 bits per heavy atom. The van der Waals surface area contributed by atoms with Gasteiger partial charge in [0.05, 0.1) is 0 Å². The van der Waals surface area contributed by atoms with Crippen molar-refractivity contribution >= 4 is 46.6 Å². The van der Waals surface area contributed by atoms with Crippen LogP contribution in [-0.2, 0) is 22.6 Å². The fourth-order valence-electron chi connectivity index (χ4n) is 4.08. The molecule has 202 valence electrons. The molecule has 0 spiro atoms. The first-order valence-corrected chi connectivity index (χ1v) is 13.5. The van der Waals surface area contributed by atoms with Crippen LogP contribution in [0.15, 0.2) is 60.7 Å². The molecule has 3 aromatic rings. The fraction of sp³-hybridized carbons (Fsp3) is 0.333. The Labute approximate surface area is 240 Å². The summed E-state index contributed by atoms with van der Waals surface area (Å²) in [4.78, 5) is 28.9. The largest absolute Gasteiger partial charge is 0.484 e. The van der Waals surface area contributed by atoms with Gasteiger partial charge in [-0.2, -0.15) is 0 Å². The van der Waals surface area contributed by atoms with Gasteiger partial charge in [-0.25, -0.2) is 0 Å². The van der Waals surface area contributed by atoms with Gasteiger partial charge in [0.25, 0.3) is 5.91 Å². The van der Waals surface area contributed by atoms with Gasteiger partial charge in [-0.15, -0.1) is 0 Å². The van der Waals surface area contributed by atoms with Gasteiger partial charge in [-0.1, -0.05) is 71.2 Å². The number of hydrogen-bond acceptors (Lipinski definition) is 3. The molecular weight excluding hydrogens is 543 g/mol. The Morgan fingerprint density at radius 3 is 2.05 bits per heavy atom. The fourth-order valence-corrected chi connectivity index (χ4v) is 4.70. The van der Waals surface area contributed by atoms with E-state index in [2.05, 4.69) is 5.32 Å². The van der Waals surface area contributed by atoms with Crippen LogP contribution in [-0.4, -0.2) is 34.9 Å². The smallest absolute Gasteiger partial charge is 0.261 e. The van der Waals surface area contributed by atoms with Crippen LogP contribution >= 0.6 is 34.8 Å². The predicted molar refractivity (Wildman–Crippen MR) is 155 cm³/mol. The Morgan fingerprint density at radius 1 is 0.921 bits per heavy atom. The van der Waals surface area contributed by atoms with Gasteiger partial charge in [0.15, 0.2) is 6.61 Å². The molecule has 0 unspecified atom stereocenters. The Hall–Kier alpha value is -2.73. The van der Waals surface area contributed by atoms with E-state index >= 15 is 0 Å². The van der Waals surface area contributed by atoms with Crippen molar-refractivity contribution in [3.8, 4) is 5.75 Å². The van der Waals surface area contributed by atoms with Gasteiger partial charge in [0.1, 0.15) is 11.8 Å². The number of carbonyl (C=O) groups is 2. The van der Waals surface area contributed by atoms with Crippen LogP contribution in [0.4, 0.5) is 0 Å².